The minimum absolute atomic E-state index is 0. The Morgan fingerprint density at radius 1 is 0.880 bits per heavy atom. The second-order valence-electron chi connectivity index (χ2n) is 5.72. The van der Waals surface area contributed by atoms with E-state index in [0.29, 0.717) is 6.54 Å². The van der Waals surface area contributed by atoms with E-state index in [1.807, 2.05) is 66.0 Å². The molecule has 0 unspecified atom stereocenters. The largest absolute Gasteiger partial charge is 0.392 e. The molecule has 0 fully saturated rings. The molecule has 2 aromatic heterocycles. The molecule has 0 radical (unpaired) electrons. The molecule has 6 heteroatoms. The van der Waals surface area contributed by atoms with Crippen LogP contribution in [0.2, 0.25) is 0 Å². The van der Waals surface area contributed by atoms with Crippen LogP contribution in [0, 0.1) is 0 Å². The molecule has 0 saturated heterocycles. The lowest BCUT2D eigenvalue weighted by molar-refractivity contribution is 0.282. The Bertz CT molecular complexity index is 890. The molecule has 0 saturated carbocycles. The highest BCUT2D eigenvalue weighted by molar-refractivity contribution is 5.76. The minimum atomic E-state index is 0. The first-order valence-corrected chi connectivity index (χ1v) is 7.73. The number of aliphatic hydroxyl groups is 1. The summed E-state index contributed by atoms with van der Waals surface area (Å²) in [5.41, 5.74) is 11.7. The van der Waals surface area contributed by atoms with Crippen molar-refractivity contribution in [2.24, 2.45) is 19.8 Å². The van der Waals surface area contributed by atoms with Gasteiger partial charge >= 0.3 is 0 Å². The first kappa shape index (κ1) is 18.6. The average molecular weight is 339 g/mol. The standard InChI is InChI=1S/C9H11N3.C9H10N2O.CH4/c1-12-6-11-8-4-7(5-10)2-3-9(8)12;1-11-6-10-8-4-7(5-12)2-3-9(8)11;/h2-4,6H,5,10H2,1H3;2-4,6,12H,5H2,1H3;1H4. The number of nitrogens with zero attached hydrogens (tertiary/aromatic N) is 4. The summed E-state index contributed by atoms with van der Waals surface area (Å²) in [5, 5.41) is 8.87. The molecule has 0 amide bonds. The van der Waals surface area contributed by atoms with E-state index in [9.17, 15) is 0 Å². The predicted octanol–water partition coefficient (Wildman–Crippen LogP) is 2.73. The highest BCUT2D eigenvalue weighted by Gasteiger charge is 2.00. The molecule has 4 rings (SSSR count). The van der Waals surface area contributed by atoms with Gasteiger partial charge in [-0.3, -0.25) is 0 Å². The number of aliphatic hydroxyl groups excluding tert-OH is 1. The third-order valence-electron chi connectivity index (χ3n) is 4.00. The molecular formula is C19H25N5O. The van der Waals surface area contributed by atoms with Gasteiger partial charge in [-0.2, -0.15) is 0 Å². The van der Waals surface area contributed by atoms with Gasteiger partial charge in [0.2, 0.25) is 0 Å². The second kappa shape index (κ2) is 7.92. The molecular weight excluding hydrogens is 314 g/mol. The van der Waals surface area contributed by atoms with E-state index in [1.165, 1.54) is 0 Å². The number of fused-ring (bicyclic) bond motifs is 2. The molecule has 0 aliphatic rings. The first-order chi connectivity index (χ1) is 11.6. The van der Waals surface area contributed by atoms with E-state index in [4.69, 9.17) is 10.8 Å². The second-order valence-corrected chi connectivity index (χ2v) is 5.72. The van der Waals surface area contributed by atoms with Crippen LogP contribution in [0.5, 0.6) is 0 Å². The predicted molar refractivity (Wildman–Crippen MR) is 102 cm³/mol. The van der Waals surface area contributed by atoms with E-state index in [2.05, 4.69) is 9.97 Å². The lowest BCUT2D eigenvalue weighted by Gasteiger charge is -1.96. The van der Waals surface area contributed by atoms with Gasteiger partial charge in [0.15, 0.2) is 0 Å². The third kappa shape index (κ3) is 3.87. The molecule has 0 bridgehead atoms. The summed E-state index contributed by atoms with van der Waals surface area (Å²) in [4.78, 5) is 8.41. The number of rotatable bonds is 2. The molecule has 132 valence electrons. The number of nitrogens with two attached hydrogens (primary N) is 1. The molecule has 6 nitrogen and oxygen atoms in total. The Morgan fingerprint density at radius 3 is 1.84 bits per heavy atom. The van der Waals surface area contributed by atoms with Crippen LogP contribution in [-0.2, 0) is 27.2 Å². The van der Waals surface area contributed by atoms with Crippen LogP contribution in [0.3, 0.4) is 0 Å². The summed E-state index contributed by atoms with van der Waals surface area (Å²) in [7, 11) is 3.94. The number of aryl methyl sites for hydroxylation is 2. The van der Waals surface area contributed by atoms with Crippen LogP contribution in [0.15, 0.2) is 49.1 Å². The highest BCUT2D eigenvalue weighted by atomic mass is 16.3. The molecule has 2 aromatic carbocycles. The van der Waals surface area contributed by atoms with Crippen molar-refractivity contribution in [2.75, 3.05) is 0 Å². The van der Waals surface area contributed by atoms with E-state index in [-0.39, 0.29) is 14.0 Å². The number of hydrogen-bond donors (Lipinski definition) is 2. The molecule has 0 atom stereocenters. The lowest BCUT2D eigenvalue weighted by atomic mass is 10.2. The Balaban J connectivity index is 0.000000173. The first-order valence-electron chi connectivity index (χ1n) is 7.73. The third-order valence-corrected chi connectivity index (χ3v) is 4.00. The fraction of sp³-hybridized carbons (Fsp3) is 0.263. The van der Waals surface area contributed by atoms with Crippen molar-refractivity contribution in [3.63, 3.8) is 0 Å². The number of hydrogen-bond acceptors (Lipinski definition) is 4. The smallest absolute Gasteiger partial charge is 0.0955 e. The van der Waals surface area contributed by atoms with Crippen LogP contribution in [-0.4, -0.2) is 24.2 Å². The van der Waals surface area contributed by atoms with Crippen molar-refractivity contribution < 1.29 is 5.11 Å². The SMILES string of the molecule is C.Cn1cnc2cc(CN)ccc21.Cn1cnc2cc(CO)ccc21. The van der Waals surface area contributed by atoms with Gasteiger partial charge in [0.1, 0.15) is 0 Å². The average Bonchev–Trinajstić information content (AvgIpc) is 3.18. The molecule has 0 aliphatic carbocycles. The summed E-state index contributed by atoms with van der Waals surface area (Å²) < 4.78 is 3.95. The summed E-state index contributed by atoms with van der Waals surface area (Å²) in [5.74, 6) is 0. The number of imidazole rings is 2. The van der Waals surface area contributed by atoms with Gasteiger partial charge in [-0.25, -0.2) is 9.97 Å². The van der Waals surface area contributed by atoms with Crippen LogP contribution in [0.25, 0.3) is 22.1 Å². The zero-order valence-electron chi connectivity index (χ0n) is 13.8. The van der Waals surface area contributed by atoms with Gasteiger partial charge in [-0.1, -0.05) is 19.6 Å². The topological polar surface area (TPSA) is 81.9 Å². The Labute approximate surface area is 147 Å². The van der Waals surface area contributed by atoms with E-state index in [1.54, 1.807) is 6.33 Å². The maximum absolute atomic E-state index is 8.87. The van der Waals surface area contributed by atoms with Crippen molar-refractivity contribution in [1.29, 1.82) is 0 Å². The number of aromatic nitrogens is 4. The van der Waals surface area contributed by atoms with Crippen molar-refractivity contribution in [3.8, 4) is 0 Å². The summed E-state index contributed by atoms with van der Waals surface area (Å²) in [6.07, 6.45) is 3.58. The van der Waals surface area contributed by atoms with Crippen molar-refractivity contribution in [1.82, 2.24) is 19.1 Å². The van der Waals surface area contributed by atoms with Crippen molar-refractivity contribution in [2.45, 2.75) is 20.6 Å². The quantitative estimate of drug-likeness (QED) is 0.588. The molecule has 0 aliphatic heterocycles. The summed E-state index contributed by atoms with van der Waals surface area (Å²) in [6, 6.07) is 11.9. The monoisotopic (exact) mass is 339 g/mol. The van der Waals surface area contributed by atoms with Crippen LogP contribution in [0.4, 0.5) is 0 Å². The molecule has 25 heavy (non-hydrogen) atoms. The Kier molecular flexibility index (Phi) is 5.90. The van der Waals surface area contributed by atoms with Gasteiger partial charge in [-0.05, 0) is 35.4 Å². The maximum atomic E-state index is 8.87. The molecule has 0 spiro atoms. The van der Waals surface area contributed by atoms with Crippen LogP contribution < -0.4 is 5.73 Å². The maximum Gasteiger partial charge on any atom is 0.0955 e. The van der Waals surface area contributed by atoms with Gasteiger partial charge in [0.05, 0.1) is 41.3 Å². The van der Waals surface area contributed by atoms with Gasteiger partial charge in [0.25, 0.3) is 0 Å². The van der Waals surface area contributed by atoms with Gasteiger partial charge in [-0.15, -0.1) is 0 Å². The van der Waals surface area contributed by atoms with E-state index in [0.717, 1.165) is 33.2 Å². The highest BCUT2D eigenvalue weighted by Crippen LogP contribution is 2.14. The fourth-order valence-electron chi connectivity index (χ4n) is 2.59. The summed E-state index contributed by atoms with van der Waals surface area (Å²) in [6.45, 7) is 0.652. The molecule has 4 aromatic rings. The lowest BCUT2D eigenvalue weighted by Crippen LogP contribution is -1.95. The zero-order valence-corrected chi connectivity index (χ0v) is 13.8. The van der Waals surface area contributed by atoms with Crippen LogP contribution in [0.1, 0.15) is 18.6 Å². The zero-order chi connectivity index (χ0) is 17.1. The van der Waals surface area contributed by atoms with Crippen molar-refractivity contribution in [3.05, 3.63) is 60.2 Å². The minimum Gasteiger partial charge on any atom is -0.392 e. The van der Waals surface area contributed by atoms with Gasteiger partial charge in [0, 0.05) is 20.6 Å². The van der Waals surface area contributed by atoms with Crippen LogP contribution >= 0.6 is 0 Å². The van der Waals surface area contributed by atoms with Gasteiger partial charge < -0.3 is 20.0 Å². The van der Waals surface area contributed by atoms with E-state index >= 15 is 0 Å². The molecule has 3 N–H and O–H groups in total. The Hall–Kier alpha value is -2.70. The summed E-state index contributed by atoms with van der Waals surface area (Å²) >= 11 is 0. The van der Waals surface area contributed by atoms with E-state index < -0.39 is 0 Å². The Morgan fingerprint density at radius 2 is 1.36 bits per heavy atom. The normalized spacial score (nSPS) is 10.4. The molecule has 2 heterocycles. The van der Waals surface area contributed by atoms with Crippen molar-refractivity contribution >= 4 is 22.1 Å². The number of benzene rings is 2. The fourth-order valence-corrected chi connectivity index (χ4v) is 2.59.